The van der Waals surface area contributed by atoms with E-state index in [2.05, 4.69) is 13.8 Å². The van der Waals surface area contributed by atoms with Crippen LogP contribution in [0.15, 0.2) is 42.5 Å². The molecule has 0 N–H and O–H groups in total. The summed E-state index contributed by atoms with van der Waals surface area (Å²) >= 11 is 0. The van der Waals surface area contributed by atoms with Crippen LogP contribution in [0.1, 0.15) is 64.4 Å². The highest BCUT2D eigenvalue weighted by molar-refractivity contribution is 5.64. The Morgan fingerprint density at radius 1 is 0.963 bits per heavy atom. The molecule has 1 aliphatic carbocycles. The van der Waals surface area contributed by atoms with Crippen LogP contribution < -0.4 is 0 Å². The summed E-state index contributed by atoms with van der Waals surface area (Å²) < 4.78 is 27.7. The van der Waals surface area contributed by atoms with Crippen molar-refractivity contribution in [3.05, 3.63) is 59.7 Å². The average Bonchev–Trinajstić information content (AvgIpc) is 2.68. The van der Waals surface area contributed by atoms with E-state index in [1.165, 1.54) is 57.1 Å². The third kappa shape index (κ3) is 5.40. The minimum absolute atomic E-state index is 0.213. The molecule has 2 aromatic carbocycles. The summed E-state index contributed by atoms with van der Waals surface area (Å²) in [6.07, 6.45) is 10.4. The Hall–Kier alpha value is -1.70. The molecule has 2 heteroatoms. The van der Waals surface area contributed by atoms with Gasteiger partial charge in [-0.3, -0.25) is 0 Å². The molecular formula is C25H32F2. The first-order valence-corrected chi connectivity index (χ1v) is 10.6. The zero-order valence-corrected chi connectivity index (χ0v) is 16.7. The molecule has 1 unspecified atom stereocenters. The third-order valence-corrected chi connectivity index (χ3v) is 6.41. The van der Waals surface area contributed by atoms with Crippen LogP contribution in [-0.4, -0.2) is 0 Å². The fraction of sp³-hybridized carbons (Fsp3) is 0.520. The van der Waals surface area contributed by atoms with Crippen molar-refractivity contribution in [1.82, 2.24) is 0 Å². The van der Waals surface area contributed by atoms with Crippen molar-refractivity contribution in [2.45, 2.75) is 65.2 Å². The number of hydrogen-bond donors (Lipinski definition) is 0. The van der Waals surface area contributed by atoms with Crippen molar-refractivity contribution >= 4 is 0 Å². The Labute approximate surface area is 163 Å². The van der Waals surface area contributed by atoms with Crippen LogP contribution in [-0.2, 0) is 6.42 Å². The van der Waals surface area contributed by atoms with Gasteiger partial charge in [0.15, 0.2) is 0 Å². The second-order valence-corrected chi connectivity index (χ2v) is 8.43. The van der Waals surface area contributed by atoms with Gasteiger partial charge in [0.25, 0.3) is 0 Å². The zero-order chi connectivity index (χ0) is 19.2. The lowest BCUT2D eigenvalue weighted by Gasteiger charge is -2.32. The van der Waals surface area contributed by atoms with E-state index in [1.807, 2.05) is 12.1 Å². The molecule has 1 fully saturated rings. The van der Waals surface area contributed by atoms with E-state index >= 15 is 0 Å². The molecule has 3 rings (SSSR count). The van der Waals surface area contributed by atoms with E-state index in [9.17, 15) is 8.78 Å². The van der Waals surface area contributed by atoms with Crippen molar-refractivity contribution in [3.8, 4) is 11.1 Å². The molecule has 0 aromatic heterocycles. The van der Waals surface area contributed by atoms with Crippen LogP contribution in [0.25, 0.3) is 11.1 Å². The van der Waals surface area contributed by atoms with Gasteiger partial charge in [0, 0.05) is 5.56 Å². The van der Waals surface area contributed by atoms with Crippen molar-refractivity contribution in [1.29, 1.82) is 0 Å². The molecule has 0 nitrogen and oxygen atoms in total. The van der Waals surface area contributed by atoms with Crippen LogP contribution in [0, 0.1) is 29.4 Å². The molecule has 1 saturated carbocycles. The lowest BCUT2D eigenvalue weighted by molar-refractivity contribution is 0.204. The summed E-state index contributed by atoms with van der Waals surface area (Å²) in [6.45, 7) is 4.59. The molecule has 2 aromatic rings. The molecule has 0 amide bonds. The molecular weight excluding hydrogens is 338 g/mol. The number of benzene rings is 2. The highest BCUT2D eigenvalue weighted by Crippen LogP contribution is 2.37. The summed E-state index contributed by atoms with van der Waals surface area (Å²) in [4.78, 5) is 0. The minimum atomic E-state index is -0.297. The van der Waals surface area contributed by atoms with Gasteiger partial charge in [0.2, 0.25) is 0 Å². The van der Waals surface area contributed by atoms with Gasteiger partial charge < -0.3 is 0 Å². The Bertz CT molecular complexity index is 712. The fourth-order valence-corrected chi connectivity index (χ4v) is 4.63. The summed E-state index contributed by atoms with van der Waals surface area (Å²) in [5, 5.41) is 0. The fourth-order valence-electron chi connectivity index (χ4n) is 4.63. The lowest BCUT2D eigenvalue weighted by Crippen LogP contribution is -2.21. The number of hydrogen-bond acceptors (Lipinski definition) is 0. The molecule has 0 spiro atoms. The highest BCUT2D eigenvalue weighted by atomic mass is 19.1. The van der Waals surface area contributed by atoms with E-state index < -0.39 is 0 Å². The average molecular weight is 371 g/mol. The van der Waals surface area contributed by atoms with Gasteiger partial charge >= 0.3 is 0 Å². The van der Waals surface area contributed by atoms with Crippen LogP contribution in [0.4, 0.5) is 8.78 Å². The Kier molecular flexibility index (Phi) is 7.04. The van der Waals surface area contributed by atoms with Gasteiger partial charge in [0.1, 0.15) is 11.6 Å². The number of unbranched alkanes of at least 4 members (excludes halogenated alkanes) is 1. The Balaban J connectivity index is 1.58. The van der Waals surface area contributed by atoms with Gasteiger partial charge in [-0.15, -0.1) is 0 Å². The zero-order valence-electron chi connectivity index (χ0n) is 16.7. The molecule has 0 bridgehead atoms. The van der Waals surface area contributed by atoms with Crippen LogP contribution in [0.3, 0.4) is 0 Å². The maximum Gasteiger partial charge on any atom is 0.131 e. The van der Waals surface area contributed by atoms with Crippen LogP contribution in [0.2, 0.25) is 0 Å². The normalized spacial score (nSPS) is 21.2. The Morgan fingerprint density at radius 2 is 1.67 bits per heavy atom. The molecule has 1 atom stereocenters. The van der Waals surface area contributed by atoms with Gasteiger partial charge in [-0.05, 0) is 66.3 Å². The van der Waals surface area contributed by atoms with E-state index in [1.54, 1.807) is 18.2 Å². The molecule has 146 valence electrons. The topological polar surface area (TPSA) is 0 Å². The largest absolute Gasteiger partial charge is 0.207 e. The van der Waals surface area contributed by atoms with Crippen molar-refractivity contribution in [2.24, 2.45) is 17.8 Å². The van der Waals surface area contributed by atoms with E-state index in [-0.39, 0.29) is 11.6 Å². The van der Waals surface area contributed by atoms with E-state index in [0.29, 0.717) is 11.5 Å². The van der Waals surface area contributed by atoms with Crippen molar-refractivity contribution < 1.29 is 8.78 Å². The maximum atomic E-state index is 14.6. The molecule has 0 heterocycles. The monoisotopic (exact) mass is 370 g/mol. The summed E-state index contributed by atoms with van der Waals surface area (Å²) in [6, 6.07) is 11.6. The van der Waals surface area contributed by atoms with Crippen molar-refractivity contribution in [3.63, 3.8) is 0 Å². The quantitative estimate of drug-likeness (QED) is 0.466. The van der Waals surface area contributed by atoms with Gasteiger partial charge in [-0.2, -0.15) is 0 Å². The van der Waals surface area contributed by atoms with Gasteiger partial charge in [0.05, 0.1) is 0 Å². The second-order valence-electron chi connectivity index (χ2n) is 8.43. The van der Waals surface area contributed by atoms with Crippen LogP contribution in [0.5, 0.6) is 0 Å². The lowest BCUT2D eigenvalue weighted by atomic mass is 9.73. The Morgan fingerprint density at radius 3 is 2.30 bits per heavy atom. The van der Waals surface area contributed by atoms with E-state index in [0.717, 1.165) is 29.4 Å². The third-order valence-electron chi connectivity index (χ3n) is 6.41. The first kappa shape index (κ1) is 20.0. The van der Waals surface area contributed by atoms with Crippen LogP contribution >= 0.6 is 0 Å². The number of rotatable bonds is 7. The predicted octanol–water partition coefficient (Wildman–Crippen LogP) is 7.81. The predicted molar refractivity (Wildman–Crippen MR) is 110 cm³/mol. The minimum Gasteiger partial charge on any atom is -0.207 e. The highest BCUT2D eigenvalue weighted by Gasteiger charge is 2.25. The SMILES string of the molecule is CCCCC1CCC(C(C)Cc2ccc(-c3ccc(F)cc3)c(F)c2)CC1. The summed E-state index contributed by atoms with van der Waals surface area (Å²) in [7, 11) is 0. The van der Waals surface area contributed by atoms with Gasteiger partial charge in [-0.1, -0.05) is 70.2 Å². The molecule has 0 aliphatic heterocycles. The molecule has 0 saturated heterocycles. The second kappa shape index (κ2) is 9.48. The first-order chi connectivity index (χ1) is 13.1. The molecule has 1 aliphatic rings. The van der Waals surface area contributed by atoms with E-state index in [4.69, 9.17) is 0 Å². The van der Waals surface area contributed by atoms with Crippen molar-refractivity contribution in [2.75, 3.05) is 0 Å². The standard InChI is InChI=1S/C25H32F2/c1-3-4-5-19-6-9-21(10-7-19)18(2)16-20-8-15-24(25(27)17-20)22-11-13-23(26)14-12-22/h8,11-15,17-19,21H,3-7,9-10,16H2,1-2H3. The van der Waals surface area contributed by atoms with Gasteiger partial charge in [-0.25, -0.2) is 8.78 Å². The summed E-state index contributed by atoms with van der Waals surface area (Å²) in [5.74, 6) is 1.78. The summed E-state index contributed by atoms with van der Waals surface area (Å²) in [5.41, 5.74) is 2.33. The molecule has 27 heavy (non-hydrogen) atoms. The molecule has 0 radical (unpaired) electrons. The first-order valence-electron chi connectivity index (χ1n) is 10.6. The maximum absolute atomic E-state index is 14.6. The smallest absolute Gasteiger partial charge is 0.131 e. The number of halogens is 2.